The van der Waals surface area contributed by atoms with Crippen molar-refractivity contribution in [2.24, 2.45) is 4.99 Å². The Labute approximate surface area is 169 Å². The highest BCUT2D eigenvalue weighted by atomic mass is 32.2. The van der Waals surface area contributed by atoms with E-state index in [1.54, 1.807) is 27.8 Å². The molecule has 0 aliphatic rings. The van der Waals surface area contributed by atoms with Gasteiger partial charge in [0.2, 0.25) is 0 Å². The van der Waals surface area contributed by atoms with Gasteiger partial charge >= 0.3 is 0 Å². The van der Waals surface area contributed by atoms with E-state index in [1.807, 2.05) is 32.0 Å². The van der Waals surface area contributed by atoms with Crippen LogP contribution in [0.25, 0.3) is 0 Å². The maximum Gasteiger partial charge on any atom is 0.191 e. The van der Waals surface area contributed by atoms with Crippen molar-refractivity contribution >= 4 is 15.8 Å². The summed E-state index contributed by atoms with van der Waals surface area (Å²) in [5.41, 5.74) is 2.11. The molecule has 7 nitrogen and oxygen atoms in total. The Hall–Kier alpha value is -1.80. The zero-order chi connectivity index (χ0) is 21.2. The fraction of sp³-hybridized carbons (Fsp3) is 0.650. The molecule has 160 valence electrons. The fourth-order valence-electron chi connectivity index (χ4n) is 2.31. The van der Waals surface area contributed by atoms with Crippen molar-refractivity contribution in [2.45, 2.75) is 45.9 Å². The van der Waals surface area contributed by atoms with Crippen LogP contribution in [0.1, 0.15) is 38.8 Å². The van der Waals surface area contributed by atoms with Gasteiger partial charge in [-0.3, -0.25) is 4.99 Å². The van der Waals surface area contributed by atoms with E-state index in [4.69, 9.17) is 9.47 Å². The van der Waals surface area contributed by atoms with E-state index in [0.717, 1.165) is 16.9 Å². The predicted molar refractivity (Wildman–Crippen MR) is 115 cm³/mol. The third-order valence-electron chi connectivity index (χ3n) is 4.18. The predicted octanol–water partition coefficient (Wildman–Crippen LogP) is 2.29. The molecule has 1 rings (SSSR count). The van der Waals surface area contributed by atoms with Gasteiger partial charge in [0.05, 0.1) is 17.1 Å². The van der Waals surface area contributed by atoms with Crippen LogP contribution in [0.4, 0.5) is 0 Å². The SMILES string of the molecule is CCOCCOc1cc(C)ccc1CNC(=NC)NCCS(=O)(=O)C(C)(C)C. The molecule has 0 aliphatic carbocycles. The highest BCUT2D eigenvalue weighted by Gasteiger charge is 2.28. The standard InChI is InChI=1S/C20H35N3O4S/c1-7-26-11-12-27-18-14-16(2)8-9-17(18)15-23-19(21-6)22-10-13-28(24,25)20(3,4)5/h8-9,14H,7,10-13,15H2,1-6H3,(H2,21,22,23). The van der Waals surface area contributed by atoms with E-state index < -0.39 is 14.6 Å². The first-order chi connectivity index (χ1) is 13.1. The second kappa shape index (κ2) is 11.3. The molecule has 0 aliphatic heterocycles. The van der Waals surface area contributed by atoms with Gasteiger partial charge in [-0.05, 0) is 46.2 Å². The first kappa shape index (κ1) is 24.2. The summed E-state index contributed by atoms with van der Waals surface area (Å²) in [6.07, 6.45) is 0. The first-order valence-electron chi connectivity index (χ1n) is 9.57. The maximum atomic E-state index is 12.2. The molecule has 1 aromatic rings. The lowest BCUT2D eigenvalue weighted by atomic mass is 10.1. The zero-order valence-corrected chi connectivity index (χ0v) is 18.8. The van der Waals surface area contributed by atoms with Gasteiger partial charge in [-0.25, -0.2) is 8.42 Å². The molecule has 0 atom stereocenters. The van der Waals surface area contributed by atoms with Crippen molar-refractivity contribution in [1.82, 2.24) is 10.6 Å². The number of ether oxygens (including phenoxy) is 2. The Bertz CT molecular complexity index is 740. The van der Waals surface area contributed by atoms with Crippen molar-refractivity contribution in [2.75, 3.05) is 39.2 Å². The van der Waals surface area contributed by atoms with Crippen LogP contribution < -0.4 is 15.4 Å². The molecule has 0 unspecified atom stereocenters. The topological polar surface area (TPSA) is 89.0 Å². The Balaban J connectivity index is 2.61. The Morgan fingerprint density at radius 1 is 1.18 bits per heavy atom. The molecule has 0 radical (unpaired) electrons. The van der Waals surface area contributed by atoms with Crippen LogP contribution in [-0.4, -0.2) is 58.3 Å². The fourth-order valence-corrected chi connectivity index (χ4v) is 3.29. The van der Waals surface area contributed by atoms with Crippen molar-refractivity contribution in [3.63, 3.8) is 0 Å². The summed E-state index contributed by atoms with van der Waals surface area (Å²) in [7, 11) is -1.52. The smallest absolute Gasteiger partial charge is 0.191 e. The molecule has 0 aromatic heterocycles. The molecule has 0 bridgehead atoms. The number of nitrogens with one attached hydrogen (secondary N) is 2. The molecule has 0 amide bonds. The Kier molecular flexibility index (Phi) is 9.75. The van der Waals surface area contributed by atoms with Crippen LogP contribution in [0, 0.1) is 6.92 Å². The third-order valence-corrected chi connectivity index (χ3v) is 6.79. The van der Waals surface area contributed by atoms with Gasteiger partial charge in [-0.1, -0.05) is 12.1 Å². The molecule has 0 fully saturated rings. The molecule has 2 N–H and O–H groups in total. The lowest BCUT2D eigenvalue weighted by Gasteiger charge is -2.20. The van der Waals surface area contributed by atoms with E-state index in [9.17, 15) is 8.42 Å². The number of aryl methyl sites for hydroxylation is 1. The highest BCUT2D eigenvalue weighted by Crippen LogP contribution is 2.20. The average Bonchev–Trinajstić information content (AvgIpc) is 2.61. The van der Waals surface area contributed by atoms with Gasteiger partial charge < -0.3 is 20.1 Å². The summed E-state index contributed by atoms with van der Waals surface area (Å²) in [4.78, 5) is 4.16. The quantitative estimate of drug-likeness (QED) is 0.348. The number of aliphatic imine (C=N–C) groups is 1. The summed E-state index contributed by atoms with van der Waals surface area (Å²) in [6.45, 7) is 11.6. The van der Waals surface area contributed by atoms with Crippen LogP contribution in [0.15, 0.2) is 23.2 Å². The van der Waals surface area contributed by atoms with E-state index in [2.05, 4.69) is 15.6 Å². The zero-order valence-electron chi connectivity index (χ0n) is 18.0. The van der Waals surface area contributed by atoms with Gasteiger partial charge in [0.15, 0.2) is 15.8 Å². The number of nitrogens with zero attached hydrogens (tertiary/aromatic N) is 1. The summed E-state index contributed by atoms with van der Waals surface area (Å²) in [5.74, 6) is 1.40. The Morgan fingerprint density at radius 3 is 2.50 bits per heavy atom. The van der Waals surface area contributed by atoms with Crippen molar-refractivity contribution < 1.29 is 17.9 Å². The van der Waals surface area contributed by atoms with Crippen LogP contribution >= 0.6 is 0 Å². The van der Waals surface area contributed by atoms with E-state index in [-0.39, 0.29) is 5.75 Å². The second-order valence-corrected chi connectivity index (χ2v) is 10.3. The molecular formula is C20H35N3O4S. The highest BCUT2D eigenvalue weighted by molar-refractivity contribution is 7.92. The molecule has 0 saturated heterocycles. The number of hydrogen-bond acceptors (Lipinski definition) is 5. The van der Waals surface area contributed by atoms with Crippen LogP contribution in [-0.2, 0) is 21.1 Å². The average molecular weight is 414 g/mol. The molecule has 0 heterocycles. The molecular weight excluding hydrogens is 378 g/mol. The van der Waals surface area contributed by atoms with Crippen LogP contribution in [0.3, 0.4) is 0 Å². The van der Waals surface area contributed by atoms with Crippen molar-refractivity contribution in [3.05, 3.63) is 29.3 Å². The van der Waals surface area contributed by atoms with Gasteiger partial charge in [0.1, 0.15) is 12.4 Å². The number of guanidine groups is 1. The summed E-state index contributed by atoms with van der Waals surface area (Å²) in [5, 5.41) is 6.26. The number of benzene rings is 1. The van der Waals surface area contributed by atoms with Gasteiger partial charge in [-0.2, -0.15) is 0 Å². The summed E-state index contributed by atoms with van der Waals surface area (Å²) in [6, 6.07) is 6.03. The maximum absolute atomic E-state index is 12.2. The van der Waals surface area contributed by atoms with Gasteiger partial charge in [-0.15, -0.1) is 0 Å². The molecule has 0 spiro atoms. The minimum absolute atomic E-state index is 0.0491. The second-order valence-electron chi connectivity index (χ2n) is 7.44. The minimum Gasteiger partial charge on any atom is -0.491 e. The first-order valence-corrected chi connectivity index (χ1v) is 11.2. The normalized spacial score (nSPS) is 12.7. The minimum atomic E-state index is -3.17. The molecule has 28 heavy (non-hydrogen) atoms. The molecule has 0 saturated carbocycles. The largest absolute Gasteiger partial charge is 0.491 e. The van der Waals surface area contributed by atoms with Crippen LogP contribution in [0.2, 0.25) is 0 Å². The molecule has 8 heteroatoms. The van der Waals surface area contributed by atoms with Crippen molar-refractivity contribution in [3.8, 4) is 5.75 Å². The lowest BCUT2D eigenvalue weighted by Crippen LogP contribution is -2.41. The Morgan fingerprint density at radius 2 is 1.89 bits per heavy atom. The van der Waals surface area contributed by atoms with Crippen LogP contribution in [0.5, 0.6) is 5.75 Å². The lowest BCUT2D eigenvalue weighted by molar-refractivity contribution is 0.110. The van der Waals surface area contributed by atoms with Crippen molar-refractivity contribution in [1.29, 1.82) is 0 Å². The van der Waals surface area contributed by atoms with E-state index in [1.165, 1.54) is 0 Å². The number of hydrogen-bond donors (Lipinski definition) is 2. The monoisotopic (exact) mass is 413 g/mol. The third kappa shape index (κ3) is 8.06. The van der Waals surface area contributed by atoms with Gasteiger partial charge in [0, 0.05) is 32.3 Å². The van der Waals surface area contributed by atoms with Gasteiger partial charge in [0.25, 0.3) is 0 Å². The van der Waals surface area contributed by atoms with E-state index >= 15 is 0 Å². The summed E-state index contributed by atoms with van der Waals surface area (Å²) >= 11 is 0. The summed E-state index contributed by atoms with van der Waals surface area (Å²) < 4.78 is 34.8. The number of sulfone groups is 1. The van der Waals surface area contributed by atoms with E-state index in [0.29, 0.717) is 38.9 Å². The molecule has 1 aromatic carbocycles. The number of rotatable bonds is 10.